The average molecular weight is 252 g/mol. The fourth-order valence-corrected chi connectivity index (χ4v) is 2.30. The summed E-state index contributed by atoms with van der Waals surface area (Å²) >= 11 is 7.09. The van der Waals surface area contributed by atoms with E-state index in [1.54, 1.807) is 19.2 Å². The Labute approximate surface area is 100 Å². The number of hydrogen-bond acceptors (Lipinski definition) is 4. The Bertz CT molecular complexity index is 638. The van der Waals surface area contributed by atoms with Crippen molar-refractivity contribution in [3.63, 3.8) is 0 Å². The van der Waals surface area contributed by atoms with Crippen molar-refractivity contribution in [2.45, 2.75) is 0 Å². The van der Waals surface area contributed by atoms with Crippen molar-refractivity contribution in [1.29, 1.82) is 5.26 Å². The van der Waals surface area contributed by atoms with Crippen molar-refractivity contribution in [2.24, 2.45) is 7.05 Å². The molecule has 0 saturated carbocycles. The molecule has 2 aromatic rings. The summed E-state index contributed by atoms with van der Waals surface area (Å²) in [5, 5.41) is 8.97. The van der Waals surface area contributed by atoms with E-state index in [4.69, 9.17) is 16.9 Å². The average Bonchev–Trinajstić information content (AvgIpc) is 2.68. The molecule has 0 N–H and O–H groups in total. The number of rotatable bonds is 1. The maximum absolute atomic E-state index is 11.4. The summed E-state index contributed by atoms with van der Waals surface area (Å²) in [6, 6.07) is 5.47. The molecule has 0 unspecified atom stereocenters. The third kappa shape index (κ3) is 1.85. The zero-order valence-electron chi connectivity index (χ0n) is 8.27. The van der Waals surface area contributed by atoms with Gasteiger partial charge in [0.1, 0.15) is 11.8 Å². The molecule has 0 fully saturated rings. The largest absolute Gasteiger partial charge is 0.347 e. The summed E-state index contributed by atoms with van der Waals surface area (Å²) in [5.41, 5.74) is 0.363. The monoisotopic (exact) mass is 251 g/mol. The van der Waals surface area contributed by atoms with Gasteiger partial charge in [0.2, 0.25) is 0 Å². The van der Waals surface area contributed by atoms with Crippen LogP contribution in [0.5, 0.6) is 0 Å². The number of hydrogen-bond donors (Lipinski definition) is 0. The number of aromatic nitrogens is 2. The molecule has 6 heteroatoms. The SMILES string of the molecule is Cn1cc(C#N)c(-c2ccc(Cl)s2)nc1=O. The van der Waals surface area contributed by atoms with Crippen molar-refractivity contribution < 1.29 is 0 Å². The summed E-state index contributed by atoms with van der Waals surface area (Å²) in [7, 11) is 1.56. The Hall–Kier alpha value is -1.64. The van der Waals surface area contributed by atoms with Gasteiger partial charge in [0.25, 0.3) is 0 Å². The van der Waals surface area contributed by atoms with E-state index in [-0.39, 0.29) is 0 Å². The first-order valence-electron chi connectivity index (χ1n) is 4.35. The van der Waals surface area contributed by atoms with E-state index in [2.05, 4.69) is 4.98 Å². The molecule has 4 nitrogen and oxygen atoms in total. The van der Waals surface area contributed by atoms with Gasteiger partial charge in [-0.25, -0.2) is 4.79 Å². The molecule has 0 saturated heterocycles. The highest BCUT2D eigenvalue weighted by Crippen LogP contribution is 2.30. The molecular formula is C10H6ClN3OS. The molecule has 0 aliphatic rings. The fourth-order valence-electron chi connectivity index (χ4n) is 1.26. The van der Waals surface area contributed by atoms with E-state index >= 15 is 0 Å². The van der Waals surface area contributed by atoms with Gasteiger partial charge in [0, 0.05) is 13.2 Å². The van der Waals surface area contributed by atoms with Gasteiger partial charge in [-0.3, -0.25) is 0 Å². The first-order valence-corrected chi connectivity index (χ1v) is 5.55. The zero-order chi connectivity index (χ0) is 11.7. The first kappa shape index (κ1) is 10.9. The van der Waals surface area contributed by atoms with Crippen LogP contribution in [0.25, 0.3) is 10.6 Å². The number of thiophene rings is 1. The Balaban J connectivity index is 2.70. The van der Waals surface area contributed by atoms with Crippen LogP contribution in [0.15, 0.2) is 23.1 Å². The summed E-state index contributed by atoms with van der Waals surface area (Å²) in [5.74, 6) is 0. The van der Waals surface area contributed by atoms with Crippen LogP contribution in [0.3, 0.4) is 0 Å². The van der Waals surface area contributed by atoms with Crippen molar-refractivity contribution in [2.75, 3.05) is 0 Å². The molecule has 0 spiro atoms. The topological polar surface area (TPSA) is 58.7 Å². The predicted octanol–water partition coefficient (Wildman–Crippen LogP) is 2.03. The molecule has 16 heavy (non-hydrogen) atoms. The normalized spacial score (nSPS) is 10.1. The van der Waals surface area contributed by atoms with Crippen LogP contribution in [0.2, 0.25) is 4.34 Å². The molecular weight excluding hydrogens is 246 g/mol. The van der Waals surface area contributed by atoms with Crippen LogP contribution < -0.4 is 5.69 Å². The quantitative estimate of drug-likeness (QED) is 0.779. The van der Waals surface area contributed by atoms with E-state index in [0.717, 1.165) is 4.88 Å². The van der Waals surface area contributed by atoms with Gasteiger partial charge in [-0.05, 0) is 12.1 Å². The van der Waals surface area contributed by atoms with Gasteiger partial charge in [0.15, 0.2) is 0 Å². The minimum absolute atomic E-state index is 0.362. The van der Waals surface area contributed by atoms with Crippen LogP contribution in [-0.2, 0) is 7.05 Å². The van der Waals surface area contributed by atoms with Crippen LogP contribution in [0.1, 0.15) is 5.56 Å². The lowest BCUT2D eigenvalue weighted by Crippen LogP contribution is -2.20. The van der Waals surface area contributed by atoms with E-state index in [1.165, 1.54) is 22.1 Å². The molecule has 2 aromatic heterocycles. The Morgan fingerprint density at radius 2 is 2.31 bits per heavy atom. The maximum atomic E-state index is 11.4. The number of nitriles is 1. The van der Waals surface area contributed by atoms with E-state index in [9.17, 15) is 4.79 Å². The molecule has 0 atom stereocenters. The second-order valence-electron chi connectivity index (χ2n) is 3.11. The Kier molecular flexibility index (Phi) is 2.77. The second kappa shape index (κ2) is 4.08. The standard InChI is InChI=1S/C10H6ClN3OS/c1-14-5-6(4-12)9(13-10(14)15)7-2-3-8(11)16-7/h2-3,5H,1H3. The molecule has 2 rings (SSSR count). The molecule has 80 valence electrons. The highest BCUT2D eigenvalue weighted by Gasteiger charge is 2.11. The molecule has 0 radical (unpaired) electrons. The molecule has 0 aromatic carbocycles. The summed E-state index contributed by atoms with van der Waals surface area (Å²) < 4.78 is 1.87. The minimum atomic E-state index is -0.390. The maximum Gasteiger partial charge on any atom is 0.347 e. The minimum Gasteiger partial charge on any atom is -0.301 e. The van der Waals surface area contributed by atoms with Gasteiger partial charge < -0.3 is 4.57 Å². The highest BCUT2D eigenvalue weighted by atomic mass is 35.5. The lowest BCUT2D eigenvalue weighted by atomic mass is 10.2. The van der Waals surface area contributed by atoms with Crippen molar-refractivity contribution >= 4 is 22.9 Å². The Morgan fingerprint density at radius 3 is 2.88 bits per heavy atom. The van der Waals surface area contributed by atoms with Crippen LogP contribution in [0, 0.1) is 11.3 Å². The third-order valence-corrected chi connectivity index (χ3v) is 3.25. The smallest absolute Gasteiger partial charge is 0.301 e. The molecule has 0 aliphatic heterocycles. The Morgan fingerprint density at radius 1 is 1.56 bits per heavy atom. The van der Waals surface area contributed by atoms with Gasteiger partial charge in [-0.2, -0.15) is 10.2 Å². The molecule has 2 heterocycles. The van der Waals surface area contributed by atoms with Gasteiger partial charge in [0.05, 0.1) is 14.8 Å². The lowest BCUT2D eigenvalue weighted by molar-refractivity contribution is 0.810. The highest BCUT2D eigenvalue weighted by molar-refractivity contribution is 7.19. The molecule has 0 bridgehead atoms. The summed E-state index contributed by atoms with van der Waals surface area (Å²) in [6.45, 7) is 0. The summed E-state index contributed by atoms with van der Waals surface area (Å²) in [6.07, 6.45) is 1.47. The van der Waals surface area contributed by atoms with Gasteiger partial charge >= 0.3 is 5.69 Å². The van der Waals surface area contributed by atoms with Crippen molar-refractivity contribution in [3.8, 4) is 16.6 Å². The first-order chi connectivity index (χ1) is 7.61. The van der Waals surface area contributed by atoms with E-state index in [1.807, 2.05) is 6.07 Å². The van der Waals surface area contributed by atoms with E-state index in [0.29, 0.717) is 15.6 Å². The van der Waals surface area contributed by atoms with E-state index < -0.39 is 5.69 Å². The van der Waals surface area contributed by atoms with Crippen molar-refractivity contribution in [3.05, 3.63) is 38.7 Å². The second-order valence-corrected chi connectivity index (χ2v) is 4.83. The fraction of sp³-hybridized carbons (Fsp3) is 0.100. The van der Waals surface area contributed by atoms with Gasteiger partial charge in [-0.15, -0.1) is 11.3 Å². The molecule has 0 amide bonds. The zero-order valence-corrected chi connectivity index (χ0v) is 9.84. The number of aryl methyl sites for hydroxylation is 1. The number of halogens is 1. The lowest BCUT2D eigenvalue weighted by Gasteiger charge is -2.01. The van der Waals surface area contributed by atoms with Crippen LogP contribution in [-0.4, -0.2) is 9.55 Å². The van der Waals surface area contributed by atoms with Gasteiger partial charge in [-0.1, -0.05) is 11.6 Å². The predicted molar refractivity (Wildman–Crippen MR) is 62.5 cm³/mol. The van der Waals surface area contributed by atoms with Crippen molar-refractivity contribution in [1.82, 2.24) is 9.55 Å². The number of nitrogens with zero attached hydrogens (tertiary/aromatic N) is 3. The van der Waals surface area contributed by atoms with Crippen LogP contribution in [0.4, 0.5) is 0 Å². The summed E-state index contributed by atoms with van der Waals surface area (Å²) in [4.78, 5) is 16.0. The third-order valence-electron chi connectivity index (χ3n) is 2.01. The van der Waals surface area contributed by atoms with Crippen LogP contribution >= 0.6 is 22.9 Å². The molecule has 0 aliphatic carbocycles.